The minimum Gasteiger partial charge on any atom is -0.278 e. The molecule has 0 aliphatic rings. The Morgan fingerprint density at radius 3 is 2.53 bits per heavy atom. The van der Waals surface area contributed by atoms with Crippen LogP contribution in [0.2, 0.25) is 5.02 Å². The number of hydrogen-bond acceptors (Lipinski definition) is 6. The number of hydrazine groups is 1. The number of hydrogen-bond donors (Lipinski definition) is 3. The zero-order chi connectivity index (χ0) is 21.6. The molecule has 11 heteroatoms. The Bertz CT molecular complexity index is 1150. The fourth-order valence-electron chi connectivity index (χ4n) is 2.27. The van der Waals surface area contributed by atoms with Crippen molar-refractivity contribution in [3.63, 3.8) is 0 Å². The number of thioether (sulfide) groups is 1. The van der Waals surface area contributed by atoms with Gasteiger partial charge >= 0.3 is 0 Å². The van der Waals surface area contributed by atoms with Crippen LogP contribution in [0.1, 0.15) is 10.4 Å². The number of rotatable bonds is 7. The van der Waals surface area contributed by atoms with Crippen molar-refractivity contribution in [3.05, 3.63) is 76.6 Å². The number of nitrogens with one attached hydrogen (secondary N) is 3. The summed E-state index contributed by atoms with van der Waals surface area (Å²) in [6.07, 6.45) is 0. The SMILES string of the molecule is O=C(CSc1cccs1)NNC(=O)c1cccc(S(=O)(=O)Nc2ccccc2Cl)c1. The molecule has 0 radical (unpaired) electrons. The lowest BCUT2D eigenvalue weighted by atomic mass is 10.2. The first-order valence-corrected chi connectivity index (χ1v) is 12.2. The molecule has 1 heterocycles. The third kappa shape index (κ3) is 5.99. The maximum atomic E-state index is 12.6. The van der Waals surface area contributed by atoms with Crippen molar-refractivity contribution in [1.82, 2.24) is 10.9 Å². The number of anilines is 1. The van der Waals surface area contributed by atoms with E-state index in [4.69, 9.17) is 11.6 Å². The average molecular weight is 482 g/mol. The number of amides is 2. The van der Waals surface area contributed by atoms with E-state index in [2.05, 4.69) is 15.6 Å². The molecule has 3 N–H and O–H groups in total. The van der Waals surface area contributed by atoms with Crippen molar-refractivity contribution >= 4 is 62.2 Å². The van der Waals surface area contributed by atoms with Crippen LogP contribution in [0.3, 0.4) is 0 Å². The van der Waals surface area contributed by atoms with Gasteiger partial charge in [-0.3, -0.25) is 25.2 Å². The summed E-state index contributed by atoms with van der Waals surface area (Å²) in [5, 5.41) is 2.15. The molecule has 0 fully saturated rings. The highest BCUT2D eigenvalue weighted by molar-refractivity contribution is 8.01. The van der Waals surface area contributed by atoms with Crippen LogP contribution < -0.4 is 15.6 Å². The lowest BCUT2D eigenvalue weighted by Gasteiger charge is -2.11. The predicted molar refractivity (Wildman–Crippen MR) is 119 cm³/mol. The third-order valence-corrected chi connectivity index (χ3v) is 7.50. The number of benzene rings is 2. The van der Waals surface area contributed by atoms with Crippen LogP contribution in [0.5, 0.6) is 0 Å². The zero-order valence-corrected chi connectivity index (χ0v) is 18.5. The van der Waals surface area contributed by atoms with Crippen molar-refractivity contribution in [2.24, 2.45) is 0 Å². The van der Waals surface area contributed by atoms with Crippen molar-refractivity contribution in [2.45, 2.75) is 9.10 Å². The van der Waals surface area contributed by atoms with E-state index in [-0.39, 0.29) is 32.8 Å². The van der Waals surface area contributed by atoms with E-state index < -0.39 is 15.9 Å². The van der Waals surface area contributed by atoms with Gasteiger partial charge in [0.2, 0.25) is 5.91 Å². The molecule has 0 spiro atoms. The second kappa shape index (κ2) is 9.98. The highest BCUT2D eigenvalue weighted by atomic mass is 35.5. The Balaban J connectivity index is 1.62. The Morgan fingerprint density at radius 1 is 1.00 bits per heavy atom. The van der Waals surface area contributed by atoms with Gasteiger partial charge in [0.05, 0.1) is 25.6 Å². The van der Waals surface area contributed by atoms with Crippen LogP contribution >= 0.6 is 34.7 Å². The fourth-order valence-corrected chi connectivity index (χ4v) is 5.22. The molecule has 1 aromatic heterocycles. The maximum absolute atomic E-state index is 12.6. The molecule has 7 nitrogen and oxygen atoms in total. The minimum absolute atomic E-state index is 0.0724. The molecule has 0 atom stereocenters. The van der Waals surface area contributed by atoms with E-state index >= 15 is 0 Å². The molecule has 30 heavy (non-hydrogen) atoms. The number of para-hydroxylation sites is 1. The van der Waals surface area contributed by atoms with Gasteiger partial charge < -0.3 is 0 Å². The van der Waals surface area contributed by atoms with Crippen LogP contribution in [0, 0.1) is 0 Å². The molecule has 3 rings (SSSR count). The summed E-state index contributed by atoms with van der Waals surface area (Å²) in [6.45, 7) is 0. The number of carbonyl (C=O) groups excluding carboxylic acids is 2. The number of thiophene rings is 1. The van der Waals surface area contributed by atoms with Gasteiger partial charge in [-0.25, -0.2) is 8.42 Å². The first kappa shape index (κ1) is 22.2. The Kier molecular flexibility index (Phi) is 7.38. The molecule has 2 aromatic carbocycles. The second-order valence-corrected chi connectivity index (χ2v) is 10.1. The fraction of sp³-hybridized carbons (Fsp3) is 0.0526. The molecule has 3 aromatic rings. The van der Waals surface area contributed by atoms with E-state index in [1.54, 1.807) is 18.2 Å². The highest BCUT2D eigenvalue weighted by Gasteiger charge is 2.18. The summed E-state index contributed by atoms with van der Waals surface area (Å²) in [5.74, 6) is -0.887. The van der Waals surface area contributed by atoms with Crippen LogP contribution in [-0.2, 0) is 14.8 Å². The van der Waals surface area contributed by atoms with E-state index in [9.17, 15) is 18.0 Å². The van der Waals surface area contributed by atoms with Gasteiger partial charge in [-0.15, -0.1) is 23.1 Å². The zero-order valence-electron chi connectivity index (χ0n) is 15.3. The normalized spacial score (nSPS) is 11.0. The predicted octanol–water partition coefficient (Wildman–Crippen LogP) is 3.76. The Morgan fingerprint density at radius 2 is 1.80 bits per heavy atom. The van der Waals surface area contributed by atoms with Gasteiger partial charge in [0.15, 0.2) is 0 Å². The van der Waals surface area contributed by atoms with Crippen molar-refractivity contribution in [1.29, 1.82) is 0 Å². The smallest absolute Gasteiger partial charge is 0.269 e. The van der Waals surface area contributed by atoms with E-state index in [0.717, 1.165) is 4.21 Å². The summed E-state index contributed by atoms with van der Waals surface area (Å²) in [4.78, 5) is 24.1. The van der Waals surface area contributed by atoms with Crippen LogP contribution in [0.4, 0.5) is 5.69 Å². The van der Waals surface area contributed by atoms with Crippen LogP contribution in [0.25, 0.3) is 0 Å². The minimum atomic E-state index is -3.96. The largest absolute Gasteiger partial charge is 0.278 e. The molecule has 0 saturated heterocycles. The molecule has 156 valence electrons. The maximum Gasteiger partial charge on any atom is 0.269 e. The summed E-state index contributed by atoms with van der Waals surface area (Å²) < 4.78 is 28.6. The summed E-state index contributed by atoms with van der Waals surface area (Å²) in [6, 6.07) is 15.6. The summed E-state index contributed by atoms with van der Waals surface area (Å²) in [7, 11) is -3.96. The molecule has 0 unspecified atom stereocenters. The molecular weight excluding hydrogens is 466 g/mol. The summed E-state index contributed by atoms with van der Waals surface area (Å²) >= 11 is 8.86. The van der Waals surface area contributed by atoms with Gasteiger partial charge in [0.1, 0.15) is 0 Å². The lowest BCUT2D eigenvalue weighted by Crippen LogP contribution is -2.42. The first-order valence-electron chi connectivity index (χ1n) is 8.48. The number of halogens is 1. The Labute approximate surface area is 186 Å². The van der Waals surface area contributed by atoms with Crippen molar-refractivity contribution in [2.75, 3.05) is 10.5 Å². The van der Waals surface area contributed by atoms with Crippen LogP contribution in [-0.4, -0.2) is 26.0 Å². The highest BCUT2D eigenvalue weighted by Crippen LogP contribution is 2.24. The topological polar surface area (TPSA) is 104 Å². The number of carbonyl (C=O) groups is 2. The Hall–Kier alpha value is -2.53. The molecule has 0 aliphatic heterocycles. The van der Waals surface area contributed by atoms with Crippen molar-refractivity contribution < 1.29 is 18.0 Å². The van der Waals surface area contributed by atoms with E-state index in [0.29, 0.717) is 0 Å². The quantitative estimate of drug-likeness (QED) is 0.352. The first-order chi connectivity index (χ1) is 14.3. The number of sulfonamides is 1. The van der Waals surface area contributed by atoms with Crippen LogP contribution in [0.15, 0.2) is 75.1 Å². The van der Waals surface area contributed by atoms with Gasteiger partial charge in [-0.1, -0.05) is 35.9 Å². The van der Waals surface area contributed by atoms with Gasteiger partial charge in [0.25, 0.3) is 15.9 Å². The van der Waals surface area contributed by atoms with E-state index in [1.165, 1.54) is 53.4 Å². The monoisotopic (exact) mass is 481 g/mol. The average Bonchev–Trinajstić information content (AvgIpc) is 3.26. The molecular formula is C19H16ClN3O4S3. The van der Waals surface area contributed by atoms with Crippen molar-refractivity contribution in [3.8, 4) is 0 Å². The van der Waals surface area contributed by atoms with E-state index in [1.807, 2.05) is 17.5 Å². The lowest BCUT2D eigenvalue weighted by molar-refractivity contribution is -0.119. The summed E-state index contributed by atoms with van der Waals surface area (Å²) in [5.41, 5.74) is 4.89. The molecule has 0 bridgehead atoms. The third-order valence-electron chi connectivity index (χ3n) is 3.68. The molecule has 0 aliphatic carbocycles. The molecule has 0 saturated carbocycles. The molecule has 2 amide bonds. The van der Waals surface area contributed by atoms with Gasteiger partial charge in [-0.05, 0) is 41.8 Å². The van der Waals surface area contributed by atoms with Gasteiger partial charge in [0, 0.05) is 5.56 Å². The second-order valence-electron chi connectivity index (χ2n) is 5.84. The van der Waals surface area contributed by atoms with Gasteiger partial charge in [-0.2, -0.15) is 0 Å². The standard InChI is InChI=1S/C19H16ClN3O4S3/c20-15-7-1-2-8-16(15)23-30(26,27)14-6-3-5-13(11-14)19(25)22-21-17(24)12-29-18-9-4-10-28-18/h1-11,23H,12H2,(H,21,24)(H,22,25).